The monoisotopic (exact) mass is 311 g/mol. The third kappa shape index (κ3) is 4.97. The maximum absolute atomic E-state index is 12.2. The molecule has 0 amide bonds. The Kier molecular flexibility index (Phi) is 5.94. The maximum Gasteiger partial charge on any atom is 0.429 e. The molecule has 0 heterocycles. The molecular formula is C17H18BNO4. The second-order valence-electron chi connectivity index (χ2n) is 5.18. The lowest BCUT2D eigenvalue weighted by Gasteiger charge is -2.18. The molecule has 5 nitrogen and oxygen atoms in total. The summed E-state index contributed by atoms with van der Waals surface area (Å²) in [5.41, 5.74) is 7.39. The van der Waals surface area contributed by atoms with Crippen LogP contribution in [0.2, 0.25) is 0 Å². The zero-order valence-electron chi connectivity index (χ0n) is 12.6. The highest BCUT2D eigenvalue weighted by atomic mass is 16.5. The highest BCUT2D eigenvalue weighted by Crippen LogP contribution is 2.01. The first-order chi connectivity index (χ1) is 11.1. The van der Waals surface area contributed by atoms with Crippen LogP contribution >= 0.6 is 0 Å². The van der Waals surface area contributed by atoms with Gasteiger partial charge in [0.2, 0.25) is 0 Å². The first-order valence-electron chi connectivity index (χ1n) is 7.35. The molecule has 0 radical (unpaired) electrons. The van der Waals surface area contributed by atoms with Crippen molar-refractivity contribution in [3.8, 4) is 0 Å². The molecule has 0 saturated carbocycles. The van der Waals surface area contributed by atoms with E-state index < -0.39 is 24.9 Å². The van der Waals surface area contributed by atoms with Gasteiger partial charge in [-0.25, -0.2) is 0 Å². The van der Waals surface area contributed by atoms with E-state index in [1.54, 1.807) is 0 Å². The first kappa shape index (κ1) is 16.8. The fraction of sp³-hybridized carbons (Fsp3) is 0.176. The summed E-state index contributed by atoms with van der Waals surface area (Å²) < 4.78 is 5.56. The summed E-state index contributed by atoms with van der Waals surface area (Å²) in [6, 6.07) is 17.7. The van der Waals surface area contributed by atoms with E-state index in [1.165, 1.54) is 0 Å². The summed E-state index contributed by atoms with van der Waals surface area (Å²) >= 11 is 0. The lowest BCUT2D eigenvalue weighted by molar-refractivity contribution is -0.138. The molecule has 0 spiro atoms. The van der Waals surface area contributed by atoms with Gasteiger partial charge in [-0.3, -0.25) is 9.59 Å². The highest BCUT2D eigenvalue weighted by Gasteiger charge is 2.28. The largest absolute Gasteiger partial charge is 0.525 e. The molecule has 0 bridgehead atoms. The third-order valence-electron chi connectivity index (χ3n) is 3.41. The Morgan fingerprint density at radius 3 is 1.91 bits per heavy atom. The average Bonchev–Trinajstić information content (AvgIpc) is 2.58. The summed E-state index contributed by atoms with van der Waals surface area (Å²) in [6.07, 6.45) is -0.123. The topological polar surface area (TPSA) is 89.6 Å². The van der Waals surface area contributed by atoms with Gasteiger partial charge in [0.15, 0.2) is 0 Å². The van der Waals surface area contributed by atoms with Crippen LogP contribution in [-0.2, 0) is 14.2 Å². The van der Waals surface area contributed by atoms with Crippen molar-refractivity contribution in [2.75, 3.05) is 0 Å². The summed E-state index contributed by atoms with van der Waals surface area (Å²) in [7, 11) is 0. The van der Waals surface area contributed by atoms with Crippen LogP contribution in [0.25, 0.3) is 0 Å². The Bertz CT molecular complexity index is 609. The van der Waals surface area contributed by atoms with Gasteiger partial charge in [-0.15, -0.1) is 0 Å². The van der Waals surface area contributed by atoms with Gasteiger partial charge in [-0.2, -0.15) is 0 Å². The molecule has 3 N–H and O–H groups in total. The number of carboxylic acids is 1. The van der Waals surface area contributed by atoms with E-state index in [-0.39, 0.29) is 12.8 Å². The molecule has 0 unspecified atom stereocenters. The molecule has 0 aliphatic rings. The predicted molar refractivity (Wildman–Crippen MR) is 88.8 cm³/mol. The van der Waals surface area contributed by atoms with Crippen molar-refractivity contribution in [2.24, 2.45) is 5.73 Å². The van der Waals surface area contributed by atoms with Crippen LogP contribution in [0.4, 0.5) is 0 Å². The Morgan fingerprint density at radius 1 is 1.00 bits per heavy atom. The molecule has 2 rings (SSSR count). The smallest absolute Gasteiger partial charge is 0.429 e. The average molecular weight is 311 g/mol. The number of carbonyl (C=O) groups excluding carboxylic acids is 1. The minimum absolute atomic E-state index is 0.0461. The fourth-order valence-corrected chi connectivity index (χ4v) is 2.18. The SMILES string of the molecule is N[C@@H](CCC(=O)O)C(=O)OB(c1ccccc1)c1ccccc1. The minimum atomic E-state index is -0.990. The van der Waals surface area contributed by atoms with Crippen LogP contribution in [0.15, 0.2) is 60.7 Å². The van der Waals surface area contributed by atoms with E-state index >= 15 is 0 Å². The molecule has 23 heavy (non-hydrogen) atoms. The van der Waals surface area contributed by atoms with Crippen molar-refractivity contribution in [3.05, 3.63) is 60.7 Å². The van der Waals surface area contributed by atoms with Crippen LogP contribution < -0.4 is 16.7 Å². The number of aliphatic carboxylic acids is 1. The summed E-state index contributed by atoms with van der Waals surface area (Å²) in [5, 5.41) is 8.67. The number of nitrogens with two attached hydrogens (primary N) is 1. The normalized spacial score (nSPS) is 11.5. The van der Waals surface area contributed by atoms with Gasteiger partial charge in [-0.1, -0.05) is 60.7 Å². The Morgan fingerprint density at radius 2 is 1.48 bits per heavy atom. The lowest BCUT2D eigenvalue weighted by Crippen LogP contribution is -2.49. The quantitative estimate of drug-likeness (QED) is 0.728. The van der Waals surface area contributed by atoms with Crippen molar-refractivity contribution in [2.45, 2.75) is 18.9 Å². The molecule has 6 heteroatoms. The maximum atomic E-state index is 12.2. The number of carboxylic acid groups (broad SMARTS) is 1. The Hall–Kier alpha value is -2.60. The van der Waals surface area contributed by atoms with Crippen molar-refractivity contribution in [1.82, 2.24) is 0 Å². The molecule has 1 atom stereocenters. The lowest BCUT2D eigenvalue weighted by atomic mass is 9.55. The van der Waals surface area contributed by atoms with Crippen LogP contribution in [0.5, 0.6) is 0 Å². The Labute approximate surface area is 135 Å². The van der Waals surface area contributed by atoms with E-state index in [0.29, 0.717) is 0 Å². The van der Waals surface area contributed by atoms with Crippen molar-refractivity contribution in [1.29, 1.82) is 0 Å². The van der Waals surface area contributed by atoms with E-state index in [1.807, 2.05) is 60.7 Å². The summed E-state index contributed by atoms with van der Waals surface area (Å²) in [5.74, 6) is -1.60. The molecule has 0 saturated heterocycles. The summed E-state index contributed by atoms with van der Waals surface area (Å²) in [4.78, 5) is 22.8. The standard InChI is InChI=1S/C17H18BNO4/c19-15(11-12-16(20)21)17(22)23-18(13-7-3-1-4-8-13)14-9-5-2-6-10-14/h1-10,15H,11-12,19H2,(H,20,21)/t15-/m0/s1. The van der Waals surface area contributed by atoms with Crippen LogP contribution in [-0.4, -0.2) is 30.0 Å². The third-order valence-corrected chi connectivity index (χ3v) is 3.41. The van der Waals surface area contributed by atoms with Crippen LogP contribution in [0.1, 0.15) is 12.8 Å². The minimum Gasteiger partial charge on any atom is -0.525 e. The molecule has 2 aromatic rings. The molecule has 118 valence electrons. The van der Waals surface area contributed by atoms with Gasteiger partial charge in [0.1, 0.15) is 6.04 Å². The molecular weight excluding hydrogens is 293 g/mol. The van der Waals surface area contributed by atoms with Gasteiger partial charge >= 0.3 is 18.9 Å². The number of benzene rings is 2. The van der Waals surface area contributed by atoms with Gasteiger partial charge in [0.05, 0.1) is 0 Å². The molecule has 0 aliphatic heterocycles. The second kappa shape index (κ2) is 8.15. The number of carbonyl (C=O) groups is 2. The van der Waals surface area contributed by atoms with Gasteiger partial charge in [0.25, 0.3) is 0 Å². The zero-order chi connectivity index (χ0) is 16.7. The van der Waals surface area contributed by atoms with Crippen molar-refractivity contribution in [3.63, 3.8) is 0 Å². The van der Waals surface area contributed by atoms with E-state index in [0.717, 1.165) is 10.9 Å². The summed E-state index contributed by atoms with van der Waals surface area (Å²) in [6.45, 7) is -0.569. The van der Waals surface area contributed by atoms with E-state index in [9.17, 15) is 9.59 Å². The zero-order valence-corrected chi connectivity index (χ0v) is 12.6. The number of hydrogen-bond donors (Lipinski definition) is 2. The first-order valence-corrected chi connectivity index (χ1v) is 7.35. The van der Waals surface area contributed by atoms with E-state index in [4.69, 9.17) is 15.5 Å². The van der Waals surface area contributed by atoms with Crippen LogP contribution in [0, 0.1) is 0 Å². The van der Waals surface area contributed by atoms with Gasteiger partial charge in [-0.05, 0) is 17.3 Å². The van der Waals surface area contributed by atoms with Crippen LogP contribution in [0.3, 0.4) is 0 Å². The Balaban J connectivity index is 2.15. The van der Waals surface area contributed by atoms with Crippen molar-refractivity contribution >= 4 is 29.8 Å². The van der Waals surface area contributed by atoms with Gasteiger partial charge < -0.3 is 15.5 Å². The number of hydrogen-bond acceptors (Lipinski definition) is 4. The highest BCUT2D eigenvalue weighted by molar-refractivity contribution is 6.81. The van der Waals surface area contributed by atoms with Gasteiger partial charge in [0, 0.05) is 6.42 Å². The van der Waals surface area contributed by atoms with Crippen molar-refractivity contribution < 1.29 is 19.3 Å². The fourth-order valence-electron chi connectivity index (χ4n) is 2.18. The molecule has 0 aromatic heterocycles. The van der Waals surface area contributed by atoms with E-state index in [2.05, 4.69) is 0 Å². The predicted octanol–water partition coefficient (Wildman–Crippen LogP) is 0.528. The molecule has 0 fully saturated rings. The number of rotatable bonds is 7. The molecule has 0 aliphatic carbocycles. The second-order valence-corrected chi connectivity index (χ2v) is 5.18. The molecule has 2 aromatic carbocycles.